The summed E-state index contributed by atoms with van der Waals surface area (Å²) in [6.45, 7) is 4.78. The summed E-state index contributed by atoms with van der Waals surface area (Å²) in [6, 6.07) is 11.6. The van der Waals surface area contributed by atoms with Crippen LogP contribution in [0.25, 0.3) is 0 Å². The smallest absolute Gasteiger partial charge is 0.259 e. The topological polar surface area (TPSA) is 58.6 Å². The first-order valence-electron chi connectivity index (χ1n) is 8.97. The van der Waals surface area contributed by atoms with Gasteiger partial charge in [-0.3, -0.25) is 14.5 Å². The summed E-state index contributed by atoms with van der Waals surface area (Å²) >= 11 is 6.25. The minimum atomic E-state index is -0.717. The van der Waals surface area contributed by atoms with Crippen molar-refractivity contribution >= 4 is 29.1 Å². The maximum absolute atomic E-state index is 13.0. The Labute approximate surface area is 164 Å². The van der Waals surface area contributed by atoms with E-state index in [1.807, 2.05) is 12.1 Å². The molecular weight excluding hydrogens is 364 g/mol. The second-order valence-electron chi connectivity index (χ2n) is 6.96. The van der Waals surface area contributed by atoms with Crippen molar-refractivity contribution in [2.75, 3.05) is 18.6 Å². The average molecular weight is 387 g/mol. The number of carbonyl (C=O) groups is 2. The number of carbonyl (C=O) groups excluding carboxylic acids is 2. The number of methoxy groups -OCH3 is 1. The molecule has 142 valence electrons. The molecular formula is C21H23ClN2O3. The molecule has 0 aromatic heterocycles. The average Bonchev–Trinajstić information content (AvgIpc) is 2.94. The molecule has 2 aromatic rings. The number of benzene rings is 2. The highest BCUT2D eigenvalue weighted by Crippen LogP contribution is 2.39. The lowest BCUT2D eigenvalue weighted by Gasteiger charge is -2.25. The van der Waals surface area contributed by atoms with Crippen molar-refractivity contribution in [2.24, 2.45) is 5.92 Å². The first kappa shape index (κ1) is 19.2. The Morgan fingerprint density at radius 3 is 2.67 bits per heavy atom. The van der Waals surface area contributed by atoms with Gasteiger partial charge in [0, 0.05) is 17.8 Å². The lowest BCUT2D eigenvalue weighted by molar-refractivity contribution is -0.122. The van der Waals surface area contributed by atoms with Crippen LogP contribution >= 0.6 is 11.6 Å². The van der Waals surface area contributed by atoms with Gasteiger partial charge in [-0.1, -0.05) is 43.6 Å². The van der Waals surface area contributed by atoms with Gasteiger partial charge in [0.1, 0.15) is 11.8 Å². The van der Waals surface area contributed by atoms with Gasteiger partial charge in [0.05, 0.1) is 12.1 Å². The Balaban J connectivity index is 1.97. The zero-order valence-corrected chi connectivity index (χ0v) is 16.4. The number of nitrogens with zero attached hydrogens (tertiary/aromatic N) is 1. The van der Waals surface area contributed by atoms with Gasteiger partial charge in [-0.2, -0.15) is 0 Å². The quantitative estimate of drug-likeness (QED) is 0.808. The van der Waals surface area contributed by atoms with Crippen LogP contribution in [0, 0.1) is 5.92 Å². The standard InChI is InChI=1S/C21H23ClN2O3/c1-13(2)10-11-23-20(25)19-15-6-4-5-7-16(15)21(26)24(19)14-8-9-18(27-3)17(22)12-14/h4-9,12-13,19H,10-11H2,1-3H3,(H,23,25)/t19-/m0/s1. The maximum Gasteiger partial charge on any atom is 0.259 e. The molecule has 1 N–H and O–H groups in total. The predicted octanol–water partition coefficient (Wildman–Crippen LogP) is 4.21. The van der Waals surface area contributed by atoms with Gasteiger partial charge in [-0.05, 0) is 42.2 Å². The van der Waals surface area contributed by atoms with Gasteiger partial charge in [0.2, 0.25) is 5.91 Å². The highest BCUT2D eigenvalue weighted by molar-refractivity contribution is 6.32. The van der Waals surface area contributed by atoms with E-state index in [0.717, 1.165) is 6.42 Å². The van der Waals surface area contributed by atoms with Gasteiger partial charge in [-0.15, -0.1) is 0 Å². The van der Waals surface area contributed by atoms with Crippen molar-refractivity contribution in [3.63, 3.8) is 0 Å². The fourth-order valence-electron chi connectivity index (χ4n) is 3.23. The summed E-state index contributed by atoms with van der Waals surface area (Å²) in [5, 5.41) is 3.35. The zero-order chi connectivity index (χ0) is 19.6. The van der Waals surface area contributed by atoms with E-state index in [1.54, 1.807) is 30.3 Å². The van der Waals surface area contributed by atoms with Gasteiger partial charge in [-0.25, -0.2) is 0 Å². The van der Waals surface area contributed by atoms with E-state index >= 15 is 0 Å². The molecule has 0 aliphatic carbocycles. The van der Waals surface area contributed by atoms with Crippen LogP contribution < -0.4 is 15.0 Å². The van der Waals surface area contributed by atoms with Crippen molar-refractivity contribution in [2.45, 2.75) is 26.3 Å². The molecule has 0 radical (unpaired) electrons. The molecule has 0 saturated carbocycles. The molecule has 6 heteroatoms. The number of rotatable bonds is 6. The van der Waals surface area contributed by atoms with E-state index in [4.69, 9.17) is 16.3 Å². The fourth-order valence-corrected chi connectivity index (χ4v) is 3.48. The molecule has 0 saturated heterocycles. The molecule has 1 aliphatic heterocycles. The number of hydrogen-bond acceptors (Lipinski definition) is 3. The molecule has 0 bridgehead atoms. The van der Waals surface area contributed by atoms with E-state index in [2.05, 4.69) is 19.2 Å². The third-order valence-electron chi connectivity index (χ3n) is 4.65. The number of fused-ring (bicyclic) bond motifs is 1. The minimum Gasteiger partial charge on any atom is -0.495 e. The minimum absolute atomic E-state index is 0.194. The number of ether oxygens (including phenoxy) is 1. The largest absolute Gasteiger partial charge is 0.495 e. The van der Waals surface area contributed by atoms with Crippen LogP contribution in [0.4, 0.5) is 5.69 Å². The monoisotopic (exact) mass is 386 g/mol. The molecule has 27 heavy (non-hydrogen) atoms. The van der Waals surface area contributed by atoms with Gasteiger partial charge < -0.3 is 10.1 Å². The van der Waals surface area contributed by atoms with Crippen LogP contribution in [-0.2, 0) is 4.79 Å². The molecule has 0 unspecified atom stereocenters. The van der Waals surface area contributed by atoms with E-state index in [-0.39, 0.29) is 11.8 Å². The molecule has 0 fully saturated rings. The van der Waals surface area contributed by atoms with Crippen LogP contribution in [0.2, 0.25) is 5.02 Å². The van der Waals surface area contributed by atoms with Crippen molar-refractivity contribution < 1.29 is 14.3 Å². The van der Waals surface area contributed by atoms with Crippen LogP contribution in [0.1, 0.15) is 42.2 Å². The van der Waals surface area contributed by atoms with Crippen molar-refractivity contribution in [1.29, 1.82) is 0 Å². The van der Waals surface area contributed by atoms with Crippen molar-refractivity contribution in [3.8, 4) is 5.75 Å². The van der Waals surface area contributed by atoms with Gasteiger partial charge in [0.25, 0.3) is 5.91 Å². The zero-order valence-electron chi connectivity index (χ0n) is 15.7. The Morgan fingerprint density at radius 1 is 1.26 bits per heavy atom. The Hall–Kier alpha value is -2.53. The Kier molecular flexibility index (Phi) is 5.71. The molecule has 1 aliphatic rings. The molecule has 2 aromatic carbocycles. The van der Waals surface area contributed by atoms with Crippen molar-refractivity contribution in [3.05, 3.63) is 58.6 Å². The first-order chi connectivity index (χ1) is 12.9. The summed E-state index contributed by atoms with van der Waals surface area (Å²) in [5.74, 6) is 0.596. The molecule has 3 rings (SSSR count). The highest BCUT2D eigenvalue weighted by atomic mass is 35.5. The lowest BCUT2D eigenvalue weighted by Crippen LogP contribution is -2.39. The summed E-state index contributed by atoms with van der Waals surface area (Å²) < 4.78 is 5.19. The third-order valence-corrected chi connectivity index (χ3v) is 4.94. The number of halogens is 1. The number of hydrogen-bond donors (Lipinski definition) is 1. The van der Waals surface area contributed by atoms with E-state index < -0.39 is 6.04 Å². The van der Waals surface area contributed by atoms with Crippen molar-refractivity contribution in [1.82, 2.24) is 5.32 Å². The van der Waals surface area contributed by atoms with Gasteiger partial charge in [0.15, 0.2) is 0 Å². The number of anilines is 1. The Morgan fingerprint density at radius 2 is 2.00 bits per heavy atom. The van der Waals surface area contributed by atoms with Crippen LogP contribution in [0.3, 0.4) is 0 Å². The lowest BCUT2D eigenvalue weighted by atomic mass is 10.0. The maximum atomic E-state index is 13.0. The second-order valence-corrected chi connectivity index (χ2v) is 7.36. The molecule has 5 nitrogen and oxygen atoms in total. The molecule has 2 amide bonds. The van der Waals surface area contributed by atoms with Crippen LogP contribution in [-0.4, -0.2) is 25.5 Å². The van der Waals surface area contributed by atoms with Crippen LogP contribution in [0.15, 0.2) is 42.5 Å². The molecule has 1 atom stereocenters. The fraction of sp³-hybridized carbons (Fsp3) is 0.333. The number of nitrogens with one attached hydrogen (secondary N) is 1. The highest BCUT2D eigenvalue weighted by Gasteiger charge is 2.41. The Bertz CT molecular complexity index is 866. The molecule has 0 spiro atoms. The summed E-state index contributed by atoms with van der Waals surface area (Å²) in [7, 11) is 1.53. The van der Waals surface area contributed by atoms with E-state index in [9.17, 15) is 9.59 Å². The molecule has 1 heterocycles. The summed E-state index contributed by atoms with van der Waals surface area (Å²) in [4.78, 5) is 27.5. The number of amides is 2. The first-order valence-corrected chi connectivity index (χ1v) is 9.35. The van der Waals surface area contributed by atoms with Gasteiger partial charge >= 0.3 is 0 Å². The predicted molar refractivity (Wildman–Crippen MR) is 106 cm³/mol. The van der Waals surface area contributed by atoms with E-state index in [1.165, 1.54) is 12.0 Å². The summed E-state index contributed by atoms with van der Waals surface area (Å²) in [5.41, 5.74) is 1.80. The van der Waals surface area contributed by atoms with Crippen LogP contribution in [0.5, 0.6) is 5.75 Å². The normalized spacial score (nSPS) is 15.8. The summed E-state index contributed by atoms with van der Waals surface area (Å²) in [6.07, 6.45) is 0.877. The second kappa shape index (κ2) is 8.01. The SMILES string of the molecule is COc1ccc(N2C(=O)c3ccccc3[C@H]2C(=O)NCCC(C)C)cc1Cl. The van der Waals surface area contributed by atoms with E-state index in [0.29, 0.717) is 40.0 Å². The third kappa shape index (κ3) is 3.78.